The van der Waals surface area contributed by atoms with E-state index in [9.17, 15) is 19.8 Å². The largest absolute Gasteiger partial charge is 0.462 e. The summed E-state index contributed by atoms with van der Waals surface area (Å²) in [6.07, 6.45) is 52.8. The summed E-state index contributed by atoms with van der Waals surface area (Å²) >= 11 is 0. The smallest absolute Gasteiger partial charge is 0.306 e. The van der Waals surface area contributed by atoms with Gasteiger partial charge in [-0.2, -0.15) is 0 Å². The van der Waals surface area contributed by atoms with E-state index in [1.165, 1.54) is 186 Å². The number of amides is 1. The second-order valence-electron chi connectivity index (χ2n) is 18.3. The fourth-order valence-electron chi connectivity index (χ4n) is 8.31. The normalized spacial score (nSPS) is 13.2. The molecular formula is C53H103NO5. The van der Waals surface area contributed by atoms with Gasteiger partial charge in [-0.05, 0) is 44.9 Å². The van der Waals surface area contributed by atoms with Crippen LogP contribution < -0.4 is 5.32 Å². The minimum absolute atomic E-state index is 0.0636. The molecule has 0 saturated carbocycles. The minimum Gasteiger partial charge on any atom is -0.462 e. The zero-order valence-corrected chi connectivity index (χ0v) is 39.9. The zero-order chi connectivity index (χ0) is 43.1. The highest BCUT2D eigenvalue weighted by molar-refractivity contribution is 5.77. The molecule has 0 heterocycles. The lowest BCUT2D eigenvalue weighted by Gasteiger charge is -2.24. The zero-order valence-electron chi connectivity index (χ0n) is 39.9. The lowest BCUT2D eigenvalue weighted by Crippen LogP contribution is -2.46. The standard InChI is InChI=1S/C53H103NO5/c1-4-7-10-13-16-19-22-24-25-26-27-28-29-31-34-37-40-43-46-53(58)59-49(44-41-38-35-32-30-23-20-17-14-11-8-5-2)47-52(57)54-50(48-55)51(56)45-42-39-36-33-21-18-15-12-9-6-3/h32,35,49-51,55-56H,4-31,33-34,36-48H2,1-3H3,(H,54,57)/b35-32-. The number of rotatable bonds is 48. The van der Waals surface area contributed by atoms with Gasteiger partial charge in [0.25, 0.3) is 0 Å². The molecule has 0 fully saturated rings. The number of carbonyl (C=O) groups is 2. The van der Waals surface area contributed by atoms with Crippen LogP contribution in [0.5, 0.6) is 0 Å². The van der Waals surface area contributed by atoms with E-state index in [1.54, 1.807) is 0 Å². The maximum Gasteiger partial charge on any atom is 0.306 e. The minimum atomic E-state index is -0.787. The summed E-state index contributed by atoms with van der Waals surface area (Å²) in [5, 5.41) is 23.7. The van der Waals surface area contributed by atoms with Gasteiger partial charge in [0, 0.05) is 6.42 Å². The molecule has 0 aliphatic heterocycles. The number of hydrogen-bond donors (Lipinski definition) is 3. The molecule has 0 radical (unpaired) electrons. The predicted octanol–water partition coefficient (Wildman–Crippen LogP) is 15.7. The lowest BCUT2D eigenvalue weighted by molar-refractivity contribution is -0.151. The molecule has 0 rings (SSSR count). The van der Waals surface area contributed by atoms with E-state index < -0.39 is 18.2 Å². The third-order valence-electron chi connectivity index (χ3n) is 12.3. The monoisotopic (exact) mass is 834 g/mol. The molecule has 0 aromatic rings. The maximum atomic E-state index is 13.2. The molecular weight excluding hydrogens is 731 g/mol. The maximum absolute atomic E-state index is 13.2. The van der Waals surface area contributed by atoms with E-state index in [-0.39, 0.29) is 24.9 Å². The predicted molar refractivity (Wildman–Crippen MR) is 255 cm³/mol. The first-order chi connectivity index (χ1) is 29.0. The Labute approximate surface area is 368 Å². The number of aliphatic hydroxyl groups is 2. The average molecular weight is 834 g/mol. The Bertz CT molecular complexity index is 893. The van der Waals surface area contributed by atoms with Crippen molar-refractivity contribution in [2.24, 2.45) is 0 Å². The molecule has 1 amide bonds. The van der Waals surface area contributed by atoms with Gasteiger partial charge in [0.05, 0.1) is 25.2 Å². The van der Waals surface area contributed by atoms with E-state index in [4.69, 9.17) is 4.74 Å². The highest BCUT2D eigenvalue weighted by Crippen LogP contribution is 2.18. The van der Waals surface area contributed by atoms with Gasteiger partial charge >= 0.3 is 5.97 Å². The first-order valence-electron chi connectivity index (χ1n) is 26.4. The molecule has 0 saturated heterocycles. The Morgan fingerprint density at radius 1 is 0.475 bits per heavy atom. The van der Waals surface area contributed by atoms with Crippen molar-refractivity contribution >= 4 is 11.9 Å². The van der Waals surface area contributed by atoms with Crippen LogP contribution in [0.15, 0.2) is 12.2 Å². The van der Waals surface area contributed by atoms with Crippen molar-refractivity contribution in [3.05, 3.63) is 12.2 Å². The summed E-state index contributed by atoms with van der Waals surface area (Å²) < 4.78 is 5.92. The van der Waals surface area contributed by atoms with Crippen LogP contribution >= 0.6 is 0 Å². The van der Waals surface area contributed by atoms with Crippen LogP contribution in [-0.2, 0) is 14.3 Å². The van der Waals surface area contributed by atoms with Gasteiger partial charge in [0.1, 0.15) is 6.10 Å². The van der Waals surface area contributed by atoms with Crippen LogP contribution in [0.2, 0.25) is 0 Å². The quantitative estimate of drug-likeness (QED) is 0.0322. The SMILES string of the molecule is CCCCCCCCC/C=C\CCCC(CC(=O)NC(CO)C(O)CCCCCCCCCCCC)OC(=O)CCCCCCCCCCCCCCCCCCCC. The number of aliphatic hydroxyl groups excluding tert-OH is 2. The van der Waals surface area contributed by atoms with Crippen LogP contribution in [0.1, 0.15) is 290 Å². The highest BCUT2D eigenvalue weighted by Gasteiger charge is 2.24. The van der Waals surface area contributed by atoms with Crippen molar-refractivity contribution in [1.29, 1.82) is 0 Å². The summed E-state index contributed by atoms with van der Waals surface area (Å²) in [5.41, 5.74) is 0. The third kappa shape index (κ3) is 43.1. The Kier molecular flexibility index (Phi) is 46.5. The molecule has 0 aromatic carbocycles. The van der Waals surface area contributed by atoms with Crippen LogP contribution in [0.3, 0.4) is 0 Å². The van der Waals surface area contributed by atoms with Gasteiger partial charge in [-0.1, -0.05) is 245 Å². The van der Waals surface area contributed by atoms with Crippen molar-refractivity contribution in [3.63, 3.8) is 0 Å². The summed E-state index contributed by atoms with van der Waals surface area (Å²) in [6.45, 7) is 6.48. The summed E-state index contributed by atoms with van der Waals surface area (Å²) in [4.78, 5) is 26.1. The molecule has 3 atom stereocenters. The van der Waals surface area contributed by atoms with E-state index in [0.717, 1.165) is 57.8 Å². The second-order valence-corrected chi connectivity index (χ2v) is 18.3. The lowest BCUT2D eigenvalue weighted by atomic mass is 10.0. The van der Waals surface area contributed by atoms with Crippen LogP contribution in [0.25, 0.3) is 0 Å². The first kappa shape index (κ1) is 57.6. The number of hydrogen-bond acceptors (Lipinski definition) is 5. The summed E-state index contributed by atoms with van der Waals surface area (Å²) in [6, 6.07) is -0.702. The van der Waals surface area contributed by atoms with Gasteiger partial charge in [-0.15, -0.1) is 0 Å². The van der Waals surface area contributed by atoms with Crippen LogP contribution in [-0.4, -0.2) is 46.9 Å². The van der Waals surface area contributed by atoms with E-state index in [0.29, 0.717) is 19.3 Å². The molecule has 0 spiro atoms. The van der Waals surface area contributed by atoms with Crippen molar-refractivity contribution in [2.45, 2.75) is 309 Å². The van der Waals surface area contributed by atoms with Crippen molar-refractivity contribution < 1.29 is 24.5 Å². The fraction of sp³-hybridized carbons (Fsp3) is 0.925. The Morgan fingerprint density at radius 2 is 0.831 bits per heavy atom. The molecule has 0 bridgehead atoms. The Balaban J connectivity index is 4.48. The molecule has 6 nitrogen and oxygen atoms in total. The number of esters is 1. The molecule has 3 N–H and O–H groups in total. The van der Waals surface area contributed by atoms with Gasteiger partial charge < -0.3 is 20.3 Å². The number of carbonyl (C=O) groups excluding carboxylic acids is 2. The van der Waals surface area contributed by atoms with E-state index in [1.807, 2.05) is 0 Å². The first-order valence-corrected chi connectivity index (χ1v) is 26.4. The topological polar surface area (TPSA) is 95.9 Å². The number of nitrogens with one attached hydrogen (secondary N) is 1. The Hall–Kier alpha value is -1.40. The highest BCUT2D eigenvalue weighted by atomic mass is 16.5. The molecule has 3 unspecified atom stereocenters. The van der Waals surface area contributed by atoms with Crippen molar-refractivity contribution in [3.8, 4) is 0 Å². The van der Waals surface area contributed by atoms with Crippen molar-refractivity contribution in [1.82, 2.24) is 5.32 Å². The number of allylic oxidation sites excluding steroid dienone is 2. The molecule has 0 aliphatic rings. The molecule has 6 heteroatoms. The third-order valence-corrected chi connectivity index (χ3v) is 12.3. The number of unbranched alkanes of at least 4 members (excludes halogenated alkanes) is 34. The molecule has 0 aliphatic carbocycles. The fourth-order valence-corrected chi connectivity index (χ4v) is 8.31. The van der Waals surface area contributed by atoms with Gasteiger partial charge in [-0.3, -0.25) is 9.59 Å². The Morgan fingerprint density at radius 3 is 1.24 bits per heavy atom. The molecule has 59 heavy (non-hydrogen) atoms. The summed E-state index contributed by atoms with van der Waals surface area (Å²) in [5.74, 6) is -0.486. The van der Waals surface area contributed by atoms with E-state index >= 15 is 0 Å². The van der Waals surface area contributed by atoms with Crippen molar-refractivity contribution in [2.75, 3.05) is 6.61 Å². The van der Waals surface area contributed by atoms with Crippen LogP contribution in [0, 0.1) is 0 Å². The number of ether oxygens (including phenoxy) is 1. The van der Waals surface area contributed by atoms with Gasteiger partial charge in [0.15, 0.2) is 0 Å². The van der Waals surface area contributed by atoms with Crippen LogP contribution in [0.4, 0.5) is 0 Å². The second kappa shape index (κ2) is 47.6. The molecule has 350 valence electrons. The van der Waals surface area contributed by atoms with E-state index in [2.05, 4.69) is 38.2 Å². The molecule has 0 aromatic heterocycles. The van der Waals surface area contributed by atoms with Gasteiger partial charge in [-0.25, -0.2) is 0 Å². The van der Waals surface area contributed by atoms with Gasteiger partial charge in [0.2, 0.25) is 5.91 Å². The average Bonchev–Trinajstić information content (AvgIpc) is 3.23. The summed E-state index contributed by atoms with van der Waals surface area (Å²) in [7, 11) is 0.